The molecule has 0 radical (unpaired) electrons. The third kappa shape index (κ3) is 3.11. The number of nitrogens with two attached hydrogens (primary N) is 1. The van der Waals surface area contributed by atoms with Crippen LogP contribution in [0.3, 0.4) is 0 Å². The van der Waals surface area contributed by atoms with Gasteiger partial charge in [-0.2, -0.15) is 0 Å². The molecule has 2 N–H and O–H groups in total. The molecule has 0 bridgehead atoms. The molecule has 1 aromatic carbocycles. The first kappa shape index (κ1) is 16.4. The van der Waals surface area contributed by atoms with Crippen molar-refractivity contribution in [1.82, 2.24) is 4.57 Å². The maximum absolute atomic E-state index is 11.7. The zero-order valence-electron chi connectivity index (χ0n) is 14.5. The second-order valence-corrected chi connectivity index (χ2v) is 6.61. The third-order valence-corrected chi connectivity index (χ3v) is 4.22. The first-order chi connectivity index (χ1) is 11.5. The summed E-state index contributed by atoms with van der Waals surface area (Å²) in [5.41, 5.74) is 8.98. The van der Waals surface area contributed by atoms with Gasteiger partial charge in [-0.25, -0.2) is 0 Å². The number of carbonyl (C=O) groups excluding carboxylic acids is 1. The Balaban J connectivity index is 2.09. The molecule has 0 aliphatic carbocycles. The van der Waals surface area contributed by atoms with Gasteiger partial charge < -0.3 is 19.8 Å². The number of benzene rings is 1. The van der Waals surface area contributed by atoms with E-state index >= 15 is 0 Å². The zero-order chi connectivity index (χ0) is 17.3. The van der Waals surface area contributed by atoms with Crippen molar-refractivity contribution in [2.45, 2.75) is 33.7 Å². The van der Waals surface area contributed by atoms with Gasteiger partial charge in [-0.15, -0.1) is 0 Å². The second kappa shape index (κ2) is 6.59. The SMILES string of the molecule is Cc1c(C(N)=O)cc(-c2ccc3c(c2)OCCCO3)n1CC(C)C. The van der Waals surface area contributed by atoms with Gasteiger partial charge in [-0.05, 0) is 37.1 Å². The van der Waals surface area contributed by atoms with Gasteiger partial charge in [0.15, 0.2) is 11.5 Å². The molecule has 24 heavy (non-hydrogen) atoms. The Kier molecular flexibility index (Phi) is 4.51. The lowest BCUT2D eigenvalue weighted by Gasteiger charge is -2.15. The van der Waals surface area contributed by atoms with Crippen molar-refractivity contribution in [3.63, 3.8) is 0 Å². The van der Waals surface area contributed by atoms with Gasteiger partial charge in [-0.3, -0.25) is 4.79 Å². The number of rotatable bonds is 4. The van der Waals surface area contributed by atoms with Crippen molar-refractivity contribution < 1.29 is 14.3 Å². The van der Waals surface area contributed by atoms with Crippen molar-refractivity contribution in [3.8, 4) is 22.8 Å². The van der Waals surface area contributed by atoms with Gasteiger partial charge in [0.1, 0.15) is 0 Å². The van der Waals surface area contributed by atoms with Crippen LogP contribution in [0.15, 0.2) is 24.3 Å². The van der Waals surface area contributed by atoms with Crippen LogP contribution in [0.4, 0.5) is 0 Å². The Hall–Kier alpha value is -2.43. The van der Waals surface area contributed by atoms with Gasteiger partial charge in [0.2, 0.25) is 0 Å². The number of amides is 1. The Morgan fingerprint density at radius 1 is 1.21 bits per heavy atom. The lowest BCUT2D eigenvalue weighted by molar-refractivity contribution is 0.0999. The first-order valence-electron chi connectivity index (χ1n) is 8.37. The van der Waals surface area contributed by atoms with Crippen molar-refractivity contribution in [1.29, 1.82) is 0 Å². The van der Waals surface area contributed by atoms with Crippen LogP contribution in [0.5, 0.6) is 11.5 Å². The van der Waals surface area contributed by atoms with E-state index < -0.39 is 5.91 Å². The molecule has 2 heterocycles. The molecule has 0 fully saturated rings. The van der Waals surface area contributed by atoms with E-state index in [1.807, 2.05) is 31.2 Å². The van der Waals surface area contributed by atoms with Gasteiger partial charge in [0.05, 0.1) is 18.8 Å². The molecule has 2 aromatic rings. The fourth-order valence-electron chi connectivity index (χ4n) is 3.06. The number of hydrogen-bond donors (Lipinski definition) is 1. The van der Waals surface area contributed by atoms with Crippen LogP contribution < -0.4 is 15.2 Å². The predicted molar refractivity (Wildman–Crippen MR) is 93.6 cm³/mol. The summed E-state index contributed by atoms with van der Waals surface area (Å²) in [5.74, 6) is 1.58. The standard InChI is InChI=1S/C19H24N2O3/c1-12(2)11-21-13(3)15(19(20)22)10-16(21)14-5-6-17-18(9-14)24-8-4-7-23-17/h5-6,9-10,12H,4,7-8,11H2,1-3H3,(H2,20,22). The molecular weight excluding hydrogens is 304 g/mol. The number of hydrogen-bond acceptors (Lipinski definition) is 3. The third-order valence-electron chi connectivity index (χ3n) is 4.22. The van der Waals surface area contributed by atoms with Crippen LogP contribution in [0, 0.1) is 12.8 Å². The van der Waals surface area contributed by atoms with E-state index in [4.69, 9.17) is 15.2 Å². The fraction of sp³-hybridized carbons (Fsp3) is 0.421. The Morgan fingerprint density at radius 2 is 1.92 bits per heavy atom. The zero-order valence-corrected chi connectivity index (χ0v) is 14.5. The molecule has 3 rings (SSSR count). The van der Waals surface area contributed by atoms with Crippen LogP contribution in [-0.4, -0.2) is 23.7 Å². The van der Waals surface area contributed by atoms with Gasteiger partial charge in [-0.1, -0.05) is 13.8 Å². The molecule has 5 nitrogen and oxygen atoms in total. The predicted octanol–water partition coefficient (Wildman–Crippen LogP) is 3.38. The summed E-state index contributed by atoms with van der Waals surface area (Å²) in [6.07, 6.45) is 0.874. The van der Waals surface area contributed by atoms with Gasteiger partial charge in [0.25, 0.3) is 5.91 Å². The average Bonchev–Trinajstić information content (AvgIpc) is 2.72. The van der Waals surface area contributed by atoms with Crippen molar-refractivity contribution >= 4 is 5.91 Å². The molecule has 0 saturated heterocycles. The minimum absolute atomic E-state index is 0.398. The van der Waals surface area contributed by atoms with Crippen LogP contribution >= 0.6 is 0 Å². The van der Waals surface area contributed by atoms with E-state index in [1.165, 1.54) is 0 Å². The first-order valence-corrected chi connectivity index (χ1v) is 8.37. The van der Waals surface area contributed by atoms with Crippen LogP contribution in [-0.2, 0) is 6.54 Å². The molecule has 0 spiro atoms. The molecule has 0 atom stereocenters. The van der Waals surface area contributed by atoms with E-state index in [0.717, 1.165) is 41.4 Å². The largest absolute Gasteiger partial charge is 0.490 e. The summed E-state index contributed by atoms with van der Waals surface area (Å²) in [6, 6.07) is 7.79. The summed E-state index contributed by atoms with van der Waals surface area (Å²) in [5, 5.41) is 0. The molecule has 1 aromatic heterocycles. The lowest BCUT2D eigenvalue weighted by Crippen LogP contribution is -2.13. The molecule has 0 saturated carbocycles. The molecule has 128 valence electrons. The number of nitrogens with zero attached hydrogens (tertiary/aromatic N) is 1. The monoisotopic (exact) mass is 328 g/mol. The molecule has 1 aliphatic heterocycles. The lowest BCUT2D eigenvalue weighted by atomic mass is 10.1. The highest BCUT2D eigenvalue weighted by molar-refractivity contribution is 5.95. The summed E-state index contributed by atoms with van der Waals surface area (Å²) in [4.78, 5) is 11.7. The highest BCUT2D eigenvalue weighted by Crippen LogP contribution is 2.35. The maximum atomic E-state index is 11.7. The molecule has 5 heteroatoms. The topological polar surface area (TPSA) is 66.5 Å². The van der Waals surface area contributed by atoms with E-state index in [1.54, 1.807) is 0 Å². The molecule has 1 amide bonds. The van der Waals surface area contributed by atoms with Gasteiger partial charge >= 0.3 is 0 Å². The van der Waals surface area contributed by atoms with Crippen LogP contribution in [0.2, 0.25) is 0 Å². The van der Waals surface area contributed by atoms with E-state index in [-0.39, 0.29) is 0 Å². The van der Waals surface area contributed by atoms with Crippen LogP contribution in [0.25, 0.3) is 11.3 Å². The second-order valence-electron chi connectivity index (χ2n) is 6.61. The minimum atomic E-state index is -0.398. The highest BCUT2D eigenvalue weighted by atomic mass is 16.5. The minimum Gasteiger partial charge on any atom is -0.490 e. The number of ether oxygens (including phenoxy) is 2. The molecular formula is C19H24N2O3. The number of fused-ring (bicyclic) bond motifs is 1. The number of aromatic nitrogens is 1. The Bertz CT molecular complexity index is 762. The summed E-state index contributed by atoms with van der Waals surface area (Å²) < 4.78 is 13.6. The number of primary amides is 1. The van der Waals surface area contributed by atoms with Crippen molar-refractivity contribution in [2.24, 2.45) is 11.7 Å². The van der Waals surface area contributed by atoms with Crippen molar-refractivity contribution in [2.75, 3.05) is 13.2 Å². The van der Waals surface area contributed by atoms with E-state index in [2.05, 4.69) is 18.4 Å². The quantitative estimate of drug-likeness (QED) is 0.935. The Labute approximate surface area is 142 Å². The molecule has 1 aliphatic rings. The number of carbonyl (C=O) groups is 1. The molecule has 0 unspecified atom stereocenters. The van der Waals surface area contributed by atoms with E-state index in [9.17, 15) is 4.79 Å². The summed E-state index contributed by atoms with van der Waals surface area (Å²) in [6.45, 7) is 8.39. The van der Waals surface area contributed by atoms with Gasteiger partial charge in [0, 0.05) is 29.9 Å². The Morgan fingerprint density at radius 3 is 2.58 bits per heavy atom. The maximum Gasteiger partial charge on any atom is 0.250 e. The summed E-state index contributed by atoms with van der Waals surface area (Å²) >= 11 is 0. The normalized spacial score (nSPS) is 13.8. The fourth-order valence-corrected chi connectivity index (χ4v) is 3.06. The van der Waals surface area contributed by atoms with Crippen molar-refractivity contribution in [3.05, 3.63) is 35.5 Å². The van der Waals surface area contributed by atoms with Crippen LogP contribution in [0.1, 0.15) is 36.3 Å². The highest BCUT2D eigenvalue weighted by Gasteiger charge is 2.19. The smallest absolute Gasteiger partial charge is 0.250 e. The summed E-state index contributed by atoms with van der Waals surface area (Å²) in [7, 11) is 0. The van der Waals surface area contributed by atoms with E-state index in [0.29, 0.717) is 24.7 Å². The average molecular weight is 328 g/mol.